The number of halogens is 1. The lowest BCUT2D eigenvalue weighted by molar-refractivity contribution is 0.0992. The molecule has 1 fully saturated rings. The summed E-state index contributed by atoms with van der Waals surface area (Å²) >= 11 is 0. The van der Waals surface area contributed by atoms with Gasteiger partial charge in [0.2, 0.25) is 10.0 Å². The molecule has 2 aromatic carbocycles. The van der Waals surface area contributed by atoms with E-state index in [1.165, 1.54) is 32.3 Å². The van der Waals surface area contributed by atoms with Gasteiger partial charge in [-0.3, -0.25) is 9.59 Å². The maximum absolute atomic E-state index is 13.8. The van der Waals surface area contributed by atoms with Crippen LogP contribution in [0.4, 0.5) is 15.8 Å². The first-order valence-corrected chi connectivity index (χ1v) is 11.3. The summed E-state index contributed by atoms with van der Waals surface area (Å²) < 4.78 is 40.0. The lowest BCUT2D eigenvalue weighted by atomic mass is 10.1. The van der Waals surface area contributed by atoms with Crippen LogP contribution in [-0.2, 0) is 10.0 Å². The Bertz CT molecular complexity index is 1110. The molecule has 0 spiro atoms. The molecule has 1 saturated heterocycles. The molecule has 1 heterocycles. The highest BCUT2D eigenvalue weighted by Gasteiger charge is 2.24. The topological polar surface area (TPSA) is 113 Å². The Hall–Kier alpha value is -2.98. The van der Waals surface area contributed by atoms with E-state index in [0.717, 1.165) is 48.8 Å². The molecule has 1 aliphatic rings. The first-order valence-electron chi connectivity index (χ1n) is 9.83. The quantitative estimate of drug-likeness (QED) is 0.705. The Kier molecular flexibility index (Phi) is 6.61. The zero-order valence-corrected chi connectivity index (χ0v) is 18.2. The van der Waals surface area contributed by atoms with Crippen molar-refractivity contribution in [2.24, 2.45) is 5.73 Å². The molecule has 31 heavy (non-hydrogen) atoms. The minimum Gasteiger partial charge on any atom is -0.371 e. The molecule has 3 N–H and O–H groups in total. The molecule has 0 bridgehead atoms. The van der Waals surface area contributed by atoms with Crippen LogP contribution >= 0.6 is 0 Å². The highest BCUT2D eigenvalue weighted by Crippen LogP contribution is 2.29. The van der Waals surface area contributed by atoms with Gasteiger partial charge in [0.05, 0.1) is 16.0 Å². The predicted octanol–water partition coefficient (Wildman–Crippen LogP) is 2.42. The van der Waals surface area contributed by atoms with Gasteiger partial charge in [-0.2, -0.15) is 0 Å². The van der Waals surface area contributed by atoms with Crippen molar-refractivity contribution in [1.29, 1.82) is 0 Å². The Morgan fingerprint density at radius 1 is 1.03 bits per heavy atom. The van der Waals surface area contributed by atoms with Crippen LogP contribution in [0.1, 0.15) is 40.0 Å². The van der Waals surface area contributed by atoms with Gasteiger partial charge in [-0.25, -0.2) is 17.1 Å². The molecular weight excluding hydrogens is 423 g/mol. The van der Waals surface area contributed by atoms with Crippen molar-refractivity contribution in [1.82, 2.24) is 4.31 Å². The second-order valence-corrected chi connectivity index (χ2v) is 9.68. The van der Waals surface area contributed by atoms with E-state index in [2.05, 4.69) is 5.32 Å². The van der Waals surface area contributed by atoms with Gasteiger partial charge in [0.25, 0.3) is 11.8 Å². The fourth-order valence-corrected chi connectivity index (χ4v) is 4.40. The molecular formula is C21H25FN4O4S. The molecule has 0 radical (unpaired) electrons. The Morgan fingerprint density at radius 2 is 1.71 bits per heavy atom. The average Bonchev–Trinajstić information content (AvgIpc) is 2.74. The highest BCUT2D eigenvalue weighted by atomic mass is 32.2. The number of carbonyl (C=O) groups excluding carboxylic acids is 2. The Balaban J connectivity index is 2.02. The first kappa shape index (κ1) is 22.7. The Labute approximate surface area is 180 Å². The molecule has 0 aromatic heterocycles. The van der Waals surface area contributed by atoms with E-state index >= 15 is 0 Å². The van der Waals surface area contributed by atoms with Crippen LogP contribution in [0.2, 0.25) is 0 Å². The number of carbonyl (C=O) groups is 2. The summed E-state index contributed by atoms with van der Waals surface area (Å²) in [6.45, 7) is 1.50. The molecule has 166 valence electrons. The maximum Gasteiger partial charge on any atom is 0.257 e. The highest BCUT2D eigenvalue weighted by molar-refractivity contribution is 7.89. The summed E-state index contributed by atoms with van der Waals surface area (Å²) in [7, 11) is -0.924. The normalized spacial score (nSPS) is 14.5. The minimum absolute atomic E-state index is 0.0136. The standard InChI is InChI=1S/C21H25FN4O4S/c1-25(2)31(29,30)15-7-9-19(26-10-4-3-5-11-26)17(13-15)21(28)24-14-6-8-18(22)16(12-14)20(23)27/h6-9,12-13H,3-5,10-11H2,1-2H3,(H2,23,27)(H,24,28). The van der Waals surface area contributed by atoms with Gasteiger partial charge in [0.15, 0.2) is 0 Å². The van der Waals surface area contributed by atoms with Gasteiger partial charge in [0, 0.05) is 38.6 Å². The molecule has 8 nitrogen and oxygen atoms in total. The first-order chi connectivity index (χ1) is 14.6. The van der Waals surface area contributed by atoms with Crippen molar-refractivity contribution in [3.8, 4) is 0 Å². The second-order valence-electron chi connectivity index (χ2n) is 7.53. The van der Waals surface area contributed by atoms with Crippen molar-refractivity contribution in [2.45, 2.75) is 24.2 Å². The number of benzene rings is 2. The summed E-state index contributed by atoms with van der Waals surface area (Å²) in [6.07, 6.45) is 3.04. The van der Waals surface area contributed by atoms with Crippen molar-refractivity contribution in [2.75, 3.05) is 37.4 Å². The van der Waals surface area contributed by atoms with Crippen LogP contribution in [0.15, 0.2) is 41.3 Å². The van der Waals surface area contributed by atoms with E-state index in [1.807, 2.05) is 4.90 Å². The Morgan fingerprint density at radius 3 is 2.32 bits per heavy atom. The van der Waals surface area contributed by atoms with Crippen LogP contribution in [0, 0.1) is 5.82 Å². The van der Waals surface area contributed by atoms with Crippen molar-refractivity contribution >= 4 is 33.2 Å². The lowest BCUT2D eigenvalue weighted by Gasteiger charge is -2.30. The third kappa shape index (κ3) is 4.86. The fourth-order valence-electron chi connectivity index (χ4n) is 3.47. The number of sulfonamides is 1. The number of hydrogen-bond donors (Lipinski definition) is 2. The van der Waals surface area contributed by atoms with Crippen molar-refractivity contribution in [3.63, 3.8) is 0 Å². The summed E-state index contributed by atoms with van der Waals surface area (Å²) in [4.78, 5) is 26.6. The number of amides is 2. The van der Waals surface area contributed by atoms with E-state index in [4.69, 9.17) is 5.73 Å². The molecule has 2 amide bonds. The smallest absolute Gasteiger partial charge is 0.257 e. The molecule has 0 saturated carbocycles. The minimum atomic E-state index is -3.75. The maximum atomic E-state index is 13.8. The number of nitrogens with zero attached hydrogens (tertiary/aromatic N) is 2. The SMILES string of the molecule is CN(C)S(=O)(=O)c1ccc(N2CCCCC2)c(C(=O)Nc2ccc(F)c(C(N)=O)c2)c1. The zero-order chi connectivity index (χ0) is 22.8. The summed E-state index contributed by atoms with van der Waals surface area (Å²) in [5.74, 6) is -2.32. The van der Waals surface area contributed by atoms with Crippen LogP contribution in [0.5, 0.6) is 0 Å². The molecule has 0 aliphatic carbocycles. The summed E-state index contributed by atoms with van der Waals surface area (Å²) in [5, 5.41) is 2.62. The lowest BCUT2D eigenvalue weighted by Crippen LogP contribution is -2.32. The third-order valence-electron chi connectivity index (χ3n) is 5.18. The van der Waals surface area contributed by atoms with Crippen molar-refractivity contribution in [3.05, 3.63) is 53.3 Å². The number of rotatable bonds is 6. The molecule has 0 atom stereocenters. The summed E-state index contributed by atoms with van der Waals surface area (Å²) in [5.41, 5.74) is 5.79. The molecule has 0 unspecified atom stereocenters. The van der Waals surface area contributed by atoms with E-state index in [1.54, 1.807) is 6.07 Å². The van der Waals surface area contributed by atoms with Crippen molar-refractivity contribution < 1.29 is 22.4 Å². The monoisotopic (exact) mass is 448 g/mol. The van der Waals surface area contributed by atoms with Gasteiger partial charge in [-0.1, -0.05) is 0 Å². The van der Waals surface area contributed by atoms with Gasteiger partial charge in [-0.05, 0) is 55.7 Å². The zero-order valence-electron chi connectivity index (χ0n) is 17.4. The number of anilines is 2. The second kappa shape index (κ2) is 9.03. The number of nitrogens with one attached hydrogen (secondary N) is 1. The molecule has 1 aliphatic heterocycles. The van der Waals surface area contributed by atoms with Crippen LogP contribution in [0.3, 0.4) is 0 Å². The van der Waals surface area contributed by atoms with Gasteiger partial charge in [0.1, 0.15) is 5.82 Å². The number of hydrogen-bond acceptors (Lipinski definition) is 5. The summed E-state index contributed by atoms with van der Waals surface area (Å²) in [6, 6.07) is 7.95. The average molecular weight is 449 g/mol. The van der Waals surface area contributed by atoms with E-state index < -0.39 is 27.7 Å². The van der Waals surface area contributed by atoms with Crippen LogP contribution in [-0.4, -0.2) is 51.7 Å². The van der Waals surface area contributed by atoms with Gasteiger partial charge < -0.3 is 16.0 Å². The van der Waals surface area contributed by atoms with E-state index in [-0.39, 0.29) is 21.7 Å². The third-order valence-corrected chi connectivity index (χ3v) is 6.99. The molecule has 3 rings (SSSR count). The predicted molar refractivity (Wildman–Crippen MR) is 116 cm³/mol. The van der Waals surface area contributed by atoms with Gasteiger partial charge >= 0.3 is 0 Å². The van der Waals surface area contributed by atoms with Gasteiger partial charge in [-0.15, -0.1) is 0 Å². The molecule has 10 heteroatoms. The fraction of sp³-hybridized carbons (Fsp3) is 0.333. The van der Waals surface area contributed by atoms with Crippen LogP contribution in [0.25, 0.3) is 0 Å². The number of nitrogens with two attached hydrogens (primary N) is 1. The van der Waals surface area contributed by atoms with E-state index in [0.29, 0.717) is 5.69 Å². The number of primary amides is 1. The molecule has 2 aromatic rings. The van der Waals surface area contributed by atoms with Crippen LogP contribution < -0.4 is 16.0 Å². The van der Waals surface area contributed by atoms with E-state index in [9.17, 15) is 22.4 Å². The largest absolute Gasteiger partial charge is 0.371 e. The number of piperidine rings is 1.